The van der Waals surface area contributed by atoms with E-state index in [1.807, 2.05) is 133 Å². The van der Waals surface area contributed by atoms with Crippen LogP contribution < -0.4 is 16.0 Å². The van der Waals surface area contributed by atoms with Gasteiger partial charge in [-0.05, 0) is 72.9 Å². The zero-order valence-corrected chi connectivity index (χ0v) is 35.9. The van der Waals surface area contributed by atoms with Gasteiger partial charge in [-0.15, -0.1) is 0 Å². The summed E-state index contributed by atoms with van der Waals surface area (Å²) in [6, 6.07) is 25.5. The Kier molecular flexibility index (Phi) is 15.8. The lowest BCUT2D eigenvalue weighted by Gasteiger charge is -2.35. The standard InChI is InChI=1S/C47H61N7O6/c1-8-31(2)41(54-26-25-53(46(54)59)30-36-18-14-15-32(3)49-36)43(56)50-37(27-33-16-10-9-11-17-33)29-40(55)39(51-44(57)42(47(4,5)6)52-45(58)60-7)28-34-20-22-35(23-21-34)38-19-12-13-24-48-38/h9-24,31,37,39-42,55H,8,25-30H2,1-7H3,(H,50,56)(H,51,57)(H,52,58). The molecular weight excluding hydrogens is 759 g/mol. The topological polar surface area (TPSA) is 166 Å². The number of pyridine rings is 2. The van der Waals surface area contributed by atoms with Gasteiger partial charge in [-0.2, -0.15) is 0 Å². The predicted molar refractivity (Wildman–Crippen MR) is 232 cm³/mol. The summed E-state index contributed by atoms with van der Waals surface area (Å²) in [6.45, 7) is 12.6. The fraction of sp³-hybridized carbons (Fsp3) is 0.447. The minimum atomic E-state index is -1.15. The largest absolute Gasteiger partial charge is 0.453 e. The number of carbonyl (C=O) groups is 4. The fourth-order valence-corrected chi connectivity index (χ4v) is 7.65. The zero-order chi connectivity index (χ0) is 43.4. The average molecular weight is 820 g/mol. The van der Waals surface area contributed by atoms with Gasteiger partial charge in [0.1, 0.15) is 12.1 Å². The number of alkyl carbamates (subject to hydrolysis) is 1. The molecule has 4 N–H and O–H groups in total. The van der Waals surface area contributed by atoms with Crippen molar-refractivity contribution in [2.75, 3.05) is 20.2 Å². The lowest BCUT2D eigenvalue weighted by Crippen LogP contribution is -2.58. The third kappa shape index (κ3) is 12.4. The van der Waals surface area contributed by atoms with Crippen LogP contribution in [-0.4, -0.2) is 99.3 Å². The van der Waals surface area contributed by atoms with E-state index in [1.165, 1.54) is 7.11 Å². The summed E-state index contributed by atoms with van der Waals surface area (Å²) in [5, 5.41) is 21.2. The summed E-state index contributed by atoms with van der Waals surface area (Å²) in [5.74, 6) is -0.950. The first kappa shape index (κ1) is 45.3. The minimum Gasteiger partial charge on any atom is -0.453 e. The summed E-state index contributed by atoms with van der Waals surface area (Å²) in [6.07, 6.45) is 1.22. The zero-order valence-electron chi connectivity index (χ0n) is 35.9. The third-order valence-electron chi connectivity index (χ3n) is 11.1. The number of aromatic nitrogens is 2. The van der Waals surface area contributed by atoms with Crippen molar-refractivity contribution in [1.82, 2.24) is 35.7 Å². The lowest BCUT2D eigenvalue weighted by atomic mass is 9.85. The van der Waals surface area contributed by atoms with Gasteiger partial charge in [-0.3, -0.25) is 19.6 Å². The first-order chi connectivity index (χ1) is 28.7. The van der Waals surface area contributed by atoms with Gasteiger partial charge in [-0.1, -0.05) is 108 Å². The van der Waals surface area contributed by atoms with Crippen molar-refractivity contribution in [1.29, 1.82) is 0 Å². The average Bonchev–Trinajstić information content (AvgIpc) is 3.57. The van der Waals surface area contributed by atoms with Crippen LogP contribution in [0.3, 0.4) is 0 Å². The van der Waals surface area contributed by atoms with Gasteiger partial charge in [0.05, 0.1) is 37.2 Å². The molecule has 6 atom stereocenters. The van der Waals surface area contributed by atoms with Crippen LogP contribution in [0.1, 0.15) is 70.0 Å². The van der Waals surface area contributed by atoms with E-state index in [2.05, 4.69) is 25.9 Å². The van der Waals surface area contributed by atoms with Crippen molar-refractivity contribution in [2.24, 2.45) is 11.3 Å². The summed E-state index contributed by atoms with van der Waals surface area (Å²) >= 11 is 0. The Balaban J connectivity index is 1.41. The number of hydrogen-bond acceptors (Lipinski definition) is 8. The second-order valence-electron chi connectivity index (χ2n) is 16.9. The quantitative estimate of drug-likeness (QED) is 0.0938. The van der Waals surface area contributed by atoms with Crippen molar-refractivity contribution < 1.29 is 29.0 Å². The second-order valence-corrected chi connectivity index (χ2v) is 16.9. The number of benzene rings is 2. The van der Waals surface area contributed by atoms with Gasteiger partial charge in [0, 0.05) is 36.6 Å². The van der Waals surface area contributed by atoms with E-state index >= 15 is 0 Å². The summed E-state index contributed by atoms with van der Waals surface area (Å²) in [4.78, 5) is 67.3. The highest BCUT2D eigenvalue weighted by Crippen LogP contribution is 2.25. The number of urea groups is 1. The Morgan fingerprint density at radius 1 is 0.850 bits per heavy atom. The smallest absolute Gasteiger partial charge is 0.407 e. The lowest BCUT2D eigenvalue weighted by molar-refractivity contribution is -0.129. The molecule has 2 aromatic carbocycles. The molecule has 1 saturated heterocycles. The molecule has 5 amide bonds. The van der Waals surface area contributed by atoms with Crippen LogP contribution in [0, 0.1) is 18.3 Å². The molecule has 4 aromatic rings. The number of aryl methyl sites for hydroxylation is 1. The number of ether oxygens (including phenoxy) is 1. The van der Waals surface area contributed by atoms with E-state index in [0.717, 1.165) is 33.8 Å². The van der Waals surface area contributed by atoms with Crippen molar-refractivity contribution in [2.45, 2.75) is 104 Å². The molecule has 5 rings (SSSR count). The molecule has 0 spiro atoms. The molecular formula is C47H61N7O6. The fourth-order valence-electron chi connectivity index (χ4n) is 7.65. The van der Waals surface area contributed by atoms with Crippen molar-refractivity contribution in [3.8, 4) is 11.3 Å². The minimum absolute atomic E-state index is 0.0779. The van der Waals surface area contributed by atoms with E-state index in [4.69, 9.17) is 4.74 Å². The Bertz CT molecular complexity index is 2030. The number of methoxy groups -OCH3 is 1. The van der Waals surface area contributed by atoms with Gasteiger partial charge in [-0.25, -0.2) is 9.59 Å². The maximum Gasteiger partial charge on any atom is 0.407 e. The second kappa shape index (κ2) is 20.9. The number of rotatable bonds is 18. The van der Waals surface area contributed by atoms with E-state index in [0.29, 0.717) is 32.5 Å². The molecule has 6 unspecified atom stereocenters. The molecule has 60 heavy (non-hydrogen) atoms. The Hall–Kier alpha value is -5.82. The maximum atomic E-state index is 14.5. The number of amides is 5. The number of hydrogen-bond donors (Lipinski definition) is 4. The predicted octanol–water partition coefficient (Wildman–Crippen LogP) is 6.08. The van der Waals surface area contributed by atoms with Gasteiger partial charge in [0.2, 0.25) is 11.8 Å². The number of aliphatic hydroxyl groups excluding tert-OH is 1. The van der Waals surface area contributed by atoms with Crippen molar-refractivity contribution >= 4 is 23.9 Å². The van der Waals surface area contributed by atoms with E-state index < -0.39 is 47.7 Å². The highest BCUT2D eigenvalue weighted by atomic mass is 16.5. The Morgan fingerprint density at radius 2 is 1.55 bits per heavy atom. The first-order valence-corrected chi connectivity index (χ1v) is 20.8. The number of nitrogens with one attached hydrogen (secondary N) is 3. The summed E-state index contributed by atoms with van der Waals surface area (Å²) in [5.41, 5.74) is 4.49. The van der Waals surface area contributed by atoms with Crippen molar-refractivity contribution in [3.05, 3.63) is 120 Å². The first-order valence-electron chi connectivity index (χ1n) is 20.8. The maximum absolute atomic E-state index is 14.5. The molecule has 1 aliphatic heterocycles. The van der Waals surface area contributed by atoms with Gasteiger partial charge >= 0.3 is 12.1 Å². The van der Waals surface area contributed by atoms with Gasteiger partial charge in [0.15, 0.2) is 0 Å². The van der Waals surface area contributed by atoms with Crippen LogP contribution in [0.5, 0.6) is 0 Å². The Labute approximate surface area is 354 Å². The molecule has 1 fully saturated rings. The van der Waals surface area contributed by atoms with Crippen LogP contribution >= 0.6 is 0 Å². The van der Waals surface area contributed by atoms with Crippen LogP contribution in [0.2, 0.25) is 0 Å². The van der Waals surface area contributed by atoms with Crippen LogP contribution in [-0.2, 0) is 33.7 Å². The van der Waals surface area contributed by atoms with E-state index in [-0.39, 0.29) is 30.7 Å². The molecule has 1 aliphatic rings. The SMILES string of the molecule is CCC(C)C(C(=O)NC(Cc1ccccc1)CC(O)C(Cc1ccc(-c2ccccn2)cc1)NC(=O)C(NC(=O)OC)C(C)(C)C)N1CCN(Cc2cccc(C)n2)C1=O. The molecule has 0 radical (unpaired) electrons. The number of aliphatic hydroxyl groups is 1. The van der Waals surface area contributed by atoms with Crippen LogP contribution in [0.4, 0.5) is 9.59 Å². The van der Waals surface area contributed by atoms with Crippen LogP contribution in [0.15, 0.2) is 97.2 Å². The number of carbonyl (C=O) groups excluding carboxylic acids is 4. The van der Waals surface area contributed by atoms with Crippen molar-refractivity contribution in [3.63, 3.8) is 0 Å². The van der Waals surface area contributed by atoms with E-state index in [1.54, 1.807) is 16.0 Å². The number of nitrogens with zero attached hydrogens (tertiary/aromatic N) is 4. The van der Waals surface area contributed by atoms with Gasteiger partial charge in [0.25, 0.3) is 0 Å². The summed E-state index contributed by atoms with van der Waals surface area (Å²) in [7, 11) is 1.24. The molecule has 320 valence electrons. The molecule has 0 aliphatic carbocycles. The Morgan fingerprint density at radius 3 is 2.18 bits per heavy atom. The van der Waals surface area contributed by atoms with Gasteiger partial charge < -0.3 is 35.6 Å². The summed E-state index contributed by atoms with van der Waals surface area (Å²) < 4.78 is 4.84. The normalized spacial score (nSPS) is 16.0. The monoisotopic (exact) mass is 819 g/mol. The molecule has 13 nitrogen and oxygen atoms in total. The highest BCUT2D eigenvalue weighted by molar-refractivity contribution is 5.89. The van der Waals surface area contributed by atoms with E-state index in [9.17, 15) is 24.3 Å². The molecule has 2 aromatic heterocycles. The third-order valence-corrected chi connectivity index (χ3v) is 11.1. The highest BCUT2D eigenvalue weighted by Gasteiger charge is 2.41. The molecule has 0 bridgehead atoms. The molecule has 13 heteroatoms. The molecule has 0 saturated carbocycles. The van der Waals surface area contributed by atoms with Crippen LogP contribution in [0.25, 0.3) is 11.3 Å². The molecule has 3 heterocycles.